The maximum absolute atomic E-state index is 14.8. The van der Waals surface area contributed by atoms with E-state index in [0.717, 1.165) is 25.9 Å². The maximum atomic E-state index is 14.8. The lowest BCUT2D eigenvalue weighted by Crippen LogP contribution is -2.66. The van der Waals surface area contributed by atoms with E-state index in [2.05, 4.69) is 0 Å². The summed E-state index contributed by atoms with van der Waals surface area (Å²) in [6.45, 7) is 3.24. The molecule has 1 unspecified atom stereocenters. The van der Waals surface area contributed by atoms with Crippen LogP contribution in [0.15, 0.2) is 72.8 Å². The number of benzene rings is 3. The minimum Gasteiger partial charge on any atom is -0.440 e. The third-order valence-electron chi connectivity index (χ3n) is 8.59. The number of carbonyl (C=O) groups is 3. The number of amides is 3. The largest absolute Gasteiger partial charge is 0.440 e. The number of carbonyl (C=O) groups excluding carboxylic acids is 3. The van der Waals surface area contributed by atoms with Crippen molar-refractivity contribution < 1.29 is 32.4 Å². The van der Waals surface area contributed by atoms with Crippen molar-refractivity contribution in [1.29, 1.82) is 0 Å². The number of nitrogens with zero attached hydrogens (tertiary/aromatic N) is 3. The molecular formula is C31H30F2N3O4+. The van der Waals surface area contributed by atoms with Crippen LogP contribution in [-0.4, -0.2) is 66.1 Å². The molecule has 4 heterocycles. The Hall–Kier alpha value is -4.11. The minimum atomic E-state index is -0.660. The van der Waals surface area contributed by atoms with Gasteiger partial charge >= 0.3 is 6.09 Å². The summed E-state index contributed by atoms with van der Waals surface area (Å²) in [7, 11) is 0. The van der Waals surface area contributed by atoms with Gasteiger partial charge in [0.25, 0.3) is 11.8 Å². The summed E-state index contributed by atoms with van der Waals surface area (Å²) in [6, 6.07) is 18.6. The highest BCUT2D eigenvalue weighted by atomic mass is 19.1. The van der Waals surface area contributed by atoms with Gasteiger partial charge in [0.1, 0.15) is 18.2 Å². The van der Waals surface area contributed by atoms with E-state index in [1.807, 2.05) is 0 Å². The molecule has 2 bridgehead atoms. The summed E-state index contributed by atoms with van der Waals surface area (Å²) in [5.74, 6) is -1.30. The Bertz CT molecular complexity index is 1420. The van der Waals surface area contributed by atoms with E-state index >= 15 is 0 Å². The number of anilines is 1. The average Bonchev–Trinajstić information content (AvgIpc) is 3.21. The molecule has 0 aliphatic carbocycles. The number of halogens is 2. The SMILES string of the molecule is O=C1c2ccccc2C(=O)N1CC[N+]12CCC(CC1)C(OC(=O)N(Cc1ccc(F)cc1)c1ccccc1F)C2. The zero-order valence-corrected chi connectivity index (χ0v) is 22.0. The first-order chi connectivity index (χ1) is 19.3. The normalized spacial score (nSPS) is 23.3. The quantitative estimate of drug-likeness (QED) is 0.309. The molecular weight excluding hydrogens is 516 g/mol. The second-order valence-electron chi connectivity index (χ2n) is 10.9. The van der Waals surface area contributed by atoms with Crippen molar-refractivity contribution in [1.82, 2.24) is 4.90 Å². The van der Waals surface area contributed by atoms with Crippen LogP contribution in [0, 0.1) is 17.6 Å². The van der Waals surface area contributed by atoms with Gasteiger partial charge in [-0.05, 0) is 42.0 Å². The molecule has 3 aromatic rings. The van der Waals surface area contributed by atoms with E-state index in [1.165, 1.54) is 34.1 Å². The first-order valence-electron chi connectivity index (χ1n) is 13.6. The Balaban J connectivity index is 1.16. The Morgan fingerprint density at radius 1 is 0.900 bits per heavy atom. The van der Waals surface area contributed by atoms with E-state index in [0.29, 0.717) is 40.8 Å². The molecule has 4 aliphatic rings. The number of hydrogen-bond donors (Lipinski definition) is 0. The smallest absolute Gasteiger partial charge is 0.415 e. The van der Waals surface area contributed by atoms with E-state index < -0.39 is 17.7 Å². The van der Waals surface area contributed by atoms with E-state index in [-0.39, 0.29) is 36.1 Å². The molecule has 7 rings (SSSR count). The lowest BCUT2D eigenvalue weighted by atomic mass is 9.83. The Kier molecular flexibility index (Phi) is 6.83. The predicted molar refractivity (Wildman–Crippen MR) is 144 cm³/mol. The number of quaternary nitrogens is 1. The molecule has 0 saturated carbocycles. The Morgan fingerprint density at radius 2 is 1.52 bits per heavy atom. The Morgan fingerprint density at radius 3 is 2.17 bits per heavy atom. The van der Waals surface area contributed by atoms with Crippen molar-refractivity contribution in [3.8, 4) is 0 Å². The summed E-state index contributed by atoms with van der Waals surface area (Å²) in [6.07, 6.45) is 0.682. The molecule has 3 fully saturated rings. The van der Waals surface area contributed by atoms with Crippen molar-refractivity contribution in [2.24, 2.45) is 5.92 Å². The molecule has 0 N–H and O–H groups in total. The van der Waals surface area contributed by atoms with Gasteiger partial charge < -0.3 is 9.22 Å². The molecule has 1 atom stereocenters. The zero-order valence-electron chi connectivity index (χ0n) is 22.0. The van der Waals surface area contributed by atoms with E-state index in [9.17, 15) is 23.2 Å². The first-order valence-corrected chi connectivity index (χ1v) is 13.6. The number of para-hydroxylation sites is 1. The van der Waals surface area contributed by atoms with Gasteiger partial charge in [-0.1, -0.05) is 36.4 Å². The van der Waals surface area contributed by atoms with E-state index in [1.54, 1.807) is 48.5 Å². The van der Waals surface area contributed by atoms with Crippen LogP contribution < -0.4 is 4.90 Å². The van der Waals surface area contributed by atoms with Crippen LogP contribution in [0.3, 0.4) is 0 Å². The van der Waals surface area contributed by atoms with Crippen LogP contribution in [0.4, 0.5) is 19.3 Å². The fourth-order valence-corrected chi connectivity index (χ4v) is 6.31. The minimum absolute atomic E-state index is 0.0250. The number of rotatable bonds is 7. The van der Waals surface area contributed by atoms with Crippen molar-refractivity contribution in [2.75, 3.05) is 37.6 Å². The highest BCUT2D eigenvalue weighted by molar-refractivity contribution is 6.21. The van der Waals surface area contributed by atoms with Crippen LogP contribution in [0.2, 0.25) is 0 Å². The van der Waals surface area contributed by atoms with Gasteiger partial charge in [0.2, 0.25) is 0 Å². The highest BCUT2D eigenvalue weighted by Gasteiger charge is 2.49. The molecule has 0 radical (unpaired) electrons. The lowest BCUT2D eigenvalue weighted by molar-refractivity contribution is -0.945. The average molecular weight is 547 g/mol. The van der Waals surface area contributed by atoms with E-state index in [4.69, 9.17) is 4.74 Å². The van der Waals surface area contributed by atoms with Crippen LogP contribution >= 0.6 is 0 Å². The molecule has 9 heteroatoms. The van der Waals surface area contributed by atoms with Crippen LogP contribution in [0.25, 0.3) is 0 Å². The third-order valence-corrected chi connectivity index (χ3v) is 8.59. The first kappa shape index (κ1) is 26.1. The number of hydrogen-bond acceptors (Lipinski definition) is 4. The molecule has 3 saturated heterocycles. The number of imide groups is 1. The fraction of sp³-hybridized carbons (Fsp3) is 0.323. The van der Waals surface area contributed by atoms with Crippen molar-refractivity contribution in [2.45, 2.75) is 25.5 Å². The van der Waals surface area contributed by atoms with Crippen molar-refractivity contribution in [3.05, 3.63) is 101 Å². The van der Waals surface area contributed by atoms with Gasteiger partial charge in [-0.15, -0.1) is 0 Å². The summed E-state index contributed by atoms with van der Waals surface area (Å²) in [5, 5.41) is 0. The molecule has 206 valence electrons. The summed E-state index contributed by atoms with van der Waals surface area (Å²) in [5.41, 5.74) is 1.60. The second kappa shape index (κ2) is 10.5. The predicted octanol–water partition coefficient (Wildman–Crippen LogP) is 5.01. The van der Waals surface area contributed by atoms with Crippen molar-refractivity contribution >= 4 is 23.6 Å². The van der Waals surface area contributed by atoms with Gasteiger partial charge in [0, 0.05) is 18.8 Å². The summed E-state index contributed by atoms with van der Waals surface area (Å²) >= 11 is 0. The highest BCUT2D eigenvalue weighted by Crippen LogP contribution is 2.36. The maximum Gasteiger partial charge on any atom is 0.415 e. The second-order valence-corrected chi connectivity index (χ2v) is 10.9. The van der Waals surface area contributed by atoms with Gasteiger partial charge in [-0.25, -0.2) is 13.6 Å². The molecule has 0 aromatic heterocycles. The Labute approximate surface area is 231 Å². The monoisotopic (exact) mass is 546 g/mol. The molecule has 3 aromatic carbocycles. The van der Waals surface area contributed by atoms with Crippen LogP contribution in [0.1, 0.15) is 39.1 Å². The van der Waals surface area contributed by atoms with Gasteiger partial charge in [-0.2, -0.15) is 0 Å². The van der Waals surface area contributed by atoms with Crippen molar-refractivity contribution in [3.63, 3.8) is 0 Å². The van der Waals surface area contributed by atoms with Gasteiger partial charge in [0.05, 0.1) is 49.5 Å². The standard InChI is InChI=1S/C31H30F2N3O4/c32-23-11-9-21(10-12-23)19-35(27-8-4-3-7-26(27)33)31(39)40-28-20-36(16-13-22(28)14-17-36)18-15-34-29(37)24-5-1-2-6-25(24)30(34)38/h1-12,22,28H,13-20H2/q+1. The number of ether oxygens (including phenoxy) is 1. The third kappa shape index (κ3) is 4.86. The van der Waals surface area contributed by atoms with Crippen LogP contribution in [0.5, 0.6) is 0 Å². The molecule has 0 spiro atoms. The zero-order chi connectivity index (χ0) is 27.9. The number of fused-ring (bicyclic) bond motifs is 4. The van der Waals surface area contributed by atoms with Gasteiger partial charge in [0.15, 0.2) is 6.10 Å². The summed E-state index contributed by atoms with van der Waals surface area (Å²) in [4.78, 5) is 41.9. The number of piperidine rings is 3. The molecule has 40 heavy (non-hydrogen) atoms. The van der Waals surface area contributed by atoms with Gasteiger partial charge in [-0.3, -0.25) is 19.4 Å². The summed E-state index contributed by atoms with van der Waals surface area (Å²) < 4.78 is 35.0. The topological polar surface area (TPSA) is 66.9 Å². The molecule has 3 amide bonds. The lowest BCUT2D eigenvalue weighted by Gasteiger charge is -2.52. The molecule has 7 nitrogen and oxygen atoms in total. The van der Waals surface area contributed by atoms with Crippen LogP contribution in [-0.2, 0) is 11.3 Å². The molecule has 4 aliphatic heterocycles. The fourth-order valence-electron chi connectivity index (χ4n) is 6.31.